The van der Waals surface area contributed by atoms with E-state index in [0.717, 1.165) is 55.3 Å². The highest BCUT2D eigenvalue weighted by Gasteiger charge is 2.21. The summed E-state index contributed by atoms with van der Waals surface area (Å²) in [5.41, 5.74) is 6.91. The number of H-pyrrole nitrogens is 1. The molecule has 1 amide bonds. The number of nitrogens with two attached hydrogens (primary N) is 1. The molecule has 11 nitrogen and oxygen atoms in total. The standard InChI is InChI=1S/C33H28F2N8O3/c1-42-16-25(30(44)28-23-4-2-19(34)11-27(23)41-33(46)29(28)42)32(45)40-20-3-5-22(26(35)12-20)24-10-17(13-38-31(24)36)18-14-39-43(15-18)21-6-8-37-9-7-21/h2-5,10-16,21,37H,6-9H2,1H3,(H2,36,38)(H,40,45)(H,41,46). The number of nitrogens with one attached hydrogen (secondary N) is 3. The van der Waals surface area contributed by atoms with E-state index in [1.807, 2.05) is 10.9 Å². The third-order valence-corrected chi connectivity index (χ3v) is 8.40. The number of anilines is 2. The van der Waals surface area contributed by atoms with Gasteiger partial charge in [0.1, 0.15) is 28.5 Å². The van der Waals surface area contributed by atoms with Gasteiger partial charge in [-0.3, -0.25) is 19.1 Å². The second-order valence-corrected chi connectivity index (χ2v) is 11.3. The zero-order chi connectivity index (χ0) is 32.1. The van der Waals surface area contributed by atoms with Crippen LogP contribution in [0.25, 0.3) is 44.1 Å². The van der Waals surface area contributed by atoms with Crippen molar-refractivity contribution in [3.63, 3.8) is 0 Å². The zero-order valence-corrected chi connectivity index (χ0v) is 24.6. The lowest BCUT2D eigenvalue weighted by molar-refractivity contribution is 0.102. The second kappa shape index (κ2) is 11.3. The van der Waals surface area contributed by atoms with E-state index in [1.54, 1.807) is 18.5 Å². The van der Waals surface area contributed by atoms with E-state index < -0.39 is 28.5 Å². The van der Waals surface area contributed by atoms with Crippen molar-refractivity contribution in [1.82, 2.24) is 29.6 Å². The summed E-state index contributed by atoms with van der Waals surface area (Å²) in [6.45, 7) is 1.87. The van der Waals surface area contributed by atoms with Crippen LogP contribution in [0, 0.1) is 11.6 Å². The number of nitrogens with zero attached hydrogens (tertiary/aromatic N) is 4. The van der Waals surface area contributed by atoms with Gasteiger partial charge in [0.2, 0.25) is 5.43 Å². The van der Waals surface area contributed by atoms with Gasteiger partial charge < -0.3 is 25.9 Å². The van der Waals surface area contributed by atoms with Crippen molar-refractivity contribution >= 4 is 39.2 Å². The van der Waals surface area contributed by atoms with E-state index in [4.69, 9.17) is 5.73 Å². The lowest BCUT2D eigenvalue weighted by atomic mass is 10.0. The van der Waals surface area contributed by atoms with Gasteiger partial charge in [0, 0.05) is 59.0 Å². The fraction of sp³-hybridized carbons (Fsp3) is 0.182. The van der Waals surface area contributed by atoms with Gasteiger partial charge in [0.05, 0.1) is 23.1 Å². The number of pyridine rings is 3. The third kappa shape index (κ3) is 5.09. The maximum absolute atomic E-state index is 15.6. The molecule has 0 saturated carbocycles. The Morgan fingerprint density at radius 3 is 2.59 bits per heavy atom. The predicted octanol–water partition coefficient (Wildman–Crippen LogP) is 4.34. The molecule has 0 atom stereocenters. The van der Waals surface area contributed by atoms with Gasteiger partial charge in [-0.1, -0.05) is 0 Å². The maximum Gasteiger partial charge on any atom is 0.273 e. The molecule has 5 heterocycles. The SMILES string of the molecule is Cn1cc(C(=O)Nc2ccc(-c3cc(-c4cnn(C5CCNCC5)c4)cnc3N)c(F)c2)c(=O)c2c3ccc(F)cc3[nH]c(=O)c21. The number of aromatic nitrogens is 5. The van der Waals surface area contributed by atoms with E-state index in [0.29, 0.717) is 11.6 Å². The molecule has 2 aromatic carbocycles. The van der Waals surface area contributed by atoms with Gasteiger partial charge in [-0.2, -0.15) is 5.10 Å². The molecule has 4 aromatic heterocycles. The van der Waals surface area contributed by atoms with E-state index in [9.17, 15) is 18.8 Å². The summed E-state index contributed by atoms with van der Waals surface area (Å²) < 4.78 is 32.7. The number of carbonyl (C=O) groups is 1. The number of amides is 1. The fourth-order valence-electron chi connectivity index (χ4n) is 6.06. The van der Waals surface area contributed by atoms with Crippen molar-refractivity contribution in [2.75, 3.05) is 24.1 Å². The van der Waals surface area contributed by atoms with E-state index >= 15 is 4.39 Å². The van der Waals surface area contributed by atoms with Crippen LogP contribution in [0.15, 0.2) is 76.8 Å². The van der Waals surface area contributed by atoms with Crippen LogP contribution in [0.2, 0.25) is 0 Å². The van der Waals surface area contributed by atoms with Crippen LogP contribution in [-0.2, 0) is 7.05 Å². The molecule has 1 saturated heterocycles. The second-order valence-electron chi connectivity index (χ2n) is 11.3. The van der Waals surface area contributed by atoms with Crippen molar-refractivity contribution in [2.45, 2.75) is 18.9 Å². The number of aromatic amines is 1. The molecule has 0 radical (unpaired) electrons. The lowest BCUT2D eigenvalue weighted by Gasteiger charge is -2.22. The number of nitrogen functional groups attached to an aromatic ring is 1. The van der Waals surface area contributed by atoms with Crippen molar-refractivity contribution in [1.29, 1.82) is 0 Å². The molecule has 232 valence electrons. The number of aryl methyl sites for hydroxylation is 1. The van der Waals surface area contributed by atoms with Gasteiger partial charge in [-0.25, -0.2) is 13.8 Å². The van der Waals surface area contributed by atoms with E-state index in [1.165, 1.54) is 36.0 Å². The normalized spacial score (nSPS) is 13.8. The minimum Gasteiger partial charge on any atom is -0.383 e. The van der Waals surface area contributed by atoms with Crippen LogP contribution >= 0.6 is 0 Å². The largest absolute Gasteiger partial charge is 0.383 e. The number of hydrogen-bond donors (Lipinski definition) is 4. The minimum atomic E-state index is -0.806. The Balaban J connectivity index is 1.19. The Bertz CT molecular complexity index is 2300. The van der Waals surface area contributed by atoms with Crippen molar-refractivity contribution < 1.29 is 13.6 Å². The number of fused-ring (bicyclic) bond motifs is 3. The van der Waals surface area contributed by atoms with E-state index in [2.05, 4.69) is 25.7 Å². The van der Waals surface area contributed by atoms with Gasteiger partial charge in [0.25, 0.3) is 11.5 Å². The third-order valence-electron chi connectivity index (χ3n) is 8.40. The maximum atomic E-state index is 15.6. The van der Waals surface area contributed by atoms with Crippen LogP contribution in [-0.4, -0.2) is 43.3 Å². The summed E-state index contributed by atoms with van der Waals surface area (Å²) in [5, 5.41) is 10.7. The van der Waals surface area contributed by atoms with E-state index in [-0.39, 0.29) is 44.4 Å². The first-order chi connectivity index (χ1) is 22.2. The first-order valence-corrected chi connectivity index (χ1v) is 14.6. The summed E-state index contributed by atoms with van der Waals surface area (Å²) in [5.74, 6) is -1.93. The average Bonchev–Trinajstić information content (AvgIpc) is 3.54. The Kier molecular flexibility index (Phi) is 7.16. The average molecular weight is 623 g/mol. The molecular formula is C33H28F2N8O3. The van der Waals surface area contributed by atoms with Crippen LogP contribution in [0.3, 0.4) is 0 Å². The van der Waals surface area contributed by atoms with Gasteiger partial charge in [-0.15, -0.1) is 0 Å². The van der Waals surface area contributed by atoms with Crippen LogP contribution in [0.1, 0.15) is 29.2 Å². The molecule has 7 rings (SSSR count). The number of benzene rings is 2. The van der Waals surface area contributed by atoms with Crippen LogP contribution in [0.5, 0.6) is 0 Å². The lowest BCUT2D eigenvalue weighted by Crippen LogP contribution is -2.29. The van der Waals surface area contributed by atoms with Gasteiger partial charge >= 0.3 is 0 Å². The highest BCUT2D eigenvalue weighted by molar-refractivity contribution is 6.10. The number of hydrogen-bond acceptors (Lipinski definition) is 7. The Morgan fingerprint density at radius 2 is 1.80 bits per heavy atom. The monoisotopic (exact) mass is 622 g/mol. The predicted molar refractivity (Wildman–Crippen MR) is 172 cm³/mol. The van der Waals surface area contributed by atoms with Crippen molar-refractivity contribution in [3.8, 4) is 22.3 Å². The zero-order valence-electron chi connectivity index (χ0n) is 24.6. The summed E-state index contributed by atoms with van der Waals surface area (Å²) >= 11 is 0. The first kappa shape index (κ1) is 29.0. The topological polar surface area (TPSA) is 153 Å². The molecule has 0 bridgehead atoms. The quantitative estimate of drug-likeness (QED) is 0.209. The van der Waals surface area contributed by atoms with Crippen LogP contribution < -0.4 is 27.4 Å². The Hall–Kier alpha value is -5.69. The molecule has 13 heteroatoms. The Morgan fingerprint density at radius 1 is 1.00 bits per heavy atom. The molecule has 0 spiro atoms. The summed E-state index contributed by atoms with van der Waals surface area (Å²) in [6.07, 6.45) is 8.52. The number of halogens is 2. The molecule has 1 aliphatic rings. The fourth-order valence-corrected chi connectivity index (χ4v) is 6.06. The summed E-state index contributed by atoms with van der Waals surface area (Å²) in [4.78, 5) is 46.4. The van der Waals surface area contributed by atoms with Crippen molar-refractivity contribution in [2.24, 2.45) is 7.05 Å². The molecular weight excluding hydrogens is 594 g/mol. The molecule has 1 fully saturated rings. The number of rotatable bonds is 5. The molecule has 1 aliphatic heterocycles. The first-order valence-electron chi connectivity index (χ1n) is 14.6. The smallest absolute Gasteiger partial charge is 0.273 e. The molecule has 5 N–H and O–H groups in total. The molecule has 0 aliphatic carbocycles. The summed E-state index contributed by atoms with van der Waals surface area (Å²) in [6, 6.07) is 9.78. The van der Waals surface area contributed by atoms with Gasteiger partial charge in [-0.05, 0) is 68.4 Å². The van der Waals surface area contributed by atoms with Crippen molar-refractivity contribution in [3.05, 3.63) is 105 Å². The minimum absolute atomic E-state index is 0.0282. The highest BCUT2D eigenvalue weighted by atomic mass is 19.1. The molecule has 46 heavy (non-hydrogen) atoms. The molecule has 6 aromatic rings. The number of carbonyl (C=O) groups excluding carboxylic acids is 1. The highest BCUT2D eigenvalue weighted by Crippen LogP contribution is 2.33. The number of piperidine rings is 1. The summed E-state index contributed by atoms with van der Waals surface area (Å²) in [7, 11) is 1.52. The Labute approximate surface area is 259 Å². The van der Waals surface area contributed by atoms with Crippen LogP contribution in [0.4, 0.5) is 20.3 Å². The molecule has 0 unspecified atom stereocenters. The van der Waals surface area contributed by atoms with Gasteiger partial charge in [0.15, 0.2) is 0 Å².